The molecule has 10 nitrogen and oxygen atoms in total. The minimum Gasteiger partial charge on any atom is -0.497 e. The SMILES string of the molecule is CCn1c(SCC(=O)N2CCN(c3ccc(OC)cc3)CC2)nnc1-c1cc(OC)c(OC)c(OC)c1. The number of carbonyl (C=O) groups excluding carboxylic acids is 1. The van der Waals surface area contributed by atoms with E-state index in [4.69, 9.17) is 18.9 Å². The number of amides is 1. The molecule has 0 atom stereocenters. The Morgan fingerprint density at radius 3 is 2.08 bits per heavy atom. The lowest BCUT2D eigenvalue weighted by Gasteiger charge is -2.36. The minimum absolute atomic E-state index is 0.0966. The molecule has 198 valence electrons. The van der Waals surface area contributed by atoms with Crippen molar-refractivity contribution in [2.45, 2.75) is 18.6 Å². The molecule has 4 rings (SSSR count). The van der Waals surface area contributed by atoms with Crippen LogP contribution in [0.25, 0.3) is 11.4 Å². The Kier molecular flexibility index (Phi) is 8.65. The first-order valence-electron chi connectivity index (χ1n) is 12.1. The highest BCUT2D eigenvalue weighted by Gasteiger charge is 2.23. The number of nitrogens with zero attached hydrogens (tertiary/aromatic N) is 5. The van der Waals surface area contributed by atoms with Gasteiger partial charge in [-0.3, -0.25) is 4.79 Å². The van der Waals surface area contributed by atoms with E-state index in [1.54, 1.807) is 28.4 Å². The van der Waals surface area contributed by atoms with Gasteiger partial charge in [0.15, 0.2) is 22.5 Å². The van der Waals surface area contributed by atoms with Crippen LogP contribution < -0.4 is 23.8 Å². The highest BCUT2D eigenvalue weighted by molar-refractivity contribution is 7.99. The number of aromatic nitrogens is 3. The number of benzene rings is 2. The van der Waals surface area contributed by atoms with Crippen LogP contribution in [0.2, 0.25) is 0 Å². The summed E-state index contributed by atoms with van der Waals surface area (Å²) in [6, 6.07) is 11.7. The molecular weight excluding hydrogens is 494 g/mol. The maximum absolute atomic E-state index is 13.0. The van der Waals surface area contributed by atoms with Crippen molar-refractivity contribution in [2.24, 2.45) is 0 Å². The standard InChI is InChI=1S/C26H33N5O5S/c1-6-31-25(18-15-21(34-3)24(36-5)22(16-18)35-4)27-28-26(31)37-17-23(32)30-13-11-29(12-14-30)19-7-9-20(33-2)10-8-19/h7-10,15-16H,6,11-14,17H2,1-5H3. The van der Waals surface area contributed by atoms with Crippen LogP contribution in [0.4, 0.5) is 5.69 Å². The maximum atomic E-state index is 13.0. The maximum Gasteiger partial charge on any atom is 0.233 e. The van der Waals surface area contributed by atoms with Crippen LogP contribution in [0, 0.1) is 0 Å². The molecule has 0 N–H and O–H groups in total. The highest BCUT2D eigenvalue weighted by atomic mass is 32.2. The molecule has 37 heavy (non-hydrogen) atoms. The molecule has 0 unspecified atom stereocenters. The lowest BCUT2D eigenvalue weighted by Crippen LogP contribution is -2.49. The van der Waals surface area contributed by atoms with Gasteiger partial charge in [-0.2, -0.15) is 0 Å². The van der Waals surface area contributed by atoms with E-state index in [0.29, 0.717) is 53.6 Å². The number of carbonyl (C=O) groups is 1. The topological polar surface area (TPSA) is 91.2 Å². The van der Waals surface area contributed by atoms with Crippen LogP contribution >= 0.6 is 11.8 Å². The summed E-state index contributed by atoms with van der Waals surface area (Å²) in [5, 5.41) is 9.47. The Morgan fingerprint density at radius 1 is 0.892 bits per heavy atom. The summed E-state index contributed by atoms with van der Waals surface area (Å²) in [4.78, 5) is 17.2. The fourth-order valence-corrected chi connectivity index (χ4v) is 5.23. The summed E-state index contributed by atoms with van der Waals surface area (Å²) in [6.07, 6.45) is 0. The molecule has 1 fully saturated rings. The van der Waals surface area contributed by atoms with Crippen LogP contribution in [0.15, 0.2) is 41.6 Å². The van der Waals surface area contributed by atoms with Gasteiger partial charge in [0.1, 0.15) is 5.75 Å². The fraction of sp³-hybridized carbons (Fsp3) is 0.423. The van der Waals surface area contributed by atoms with E-state index >= 15 is 0 Å². The van der Waals surface area contributed by atoms with Gasteiger partial charge in [0, 0.05) is 44.0 Å². The number of rotatable bonds is 10. The van der Waals surface area contributed by atoms with Gasteiger partial charge in [-0.1, -0.05) is 11.8 Å². The lowest BCUT2D eigenvalue weighted by atomic mass is 10.1. The average Bonchev–Trinajstić information content (AvgIpc) is 3.38. The number of thioether (sulfide) groups is 1. The largest absolute Gasteiger partial charge is 0.497 e. The lowest BCUT2D eigenvalue weighted by molar-refractivity contribution is -0.128. The first-order valence-corrected chi connectivity index (χ1v) is 13.0. The number of ether oxygens (including phenoxy) is 4. The molecule has 0 radical (unpaired) electrons. The van der Waals surface area contributed by atoms with Crippen molar-refractivity contribution in [1.82, 2.24) is 19.7 Å². The van der Waals surface area contributed by atoms with E-state index in [1.807, 2.05) is 40.7 Å². The van der Waals surface area contributed by atoms with Gasteiger partial charge >= 0.3 is 0 Å². The Bertz CT molecular complexity index is 1180. The molecule has 0 bridgehead atoms. The Morgan fingerprint density at radius 2 is 1.54 bits per heavy atom. The zero-order chi connectivity index (χ0) is 26.4. The molecule has 11 heteroatoms. The molecule has 0 saturated carbocycles. The van der Waals surface area contributed by atoms with Crippen molar-refractivity contribution in [1.29, 1.82) is 0 Å². The molecule has 1 aliphatic heterocycles. The van der Waals surface area contributed by atoms with Crippen LogP contribution in [0.3, 0.4) is 0 Å². The third kappa shape index (κ3) is 5.71. The van der Waals surface area contributed by atoms with Gasteiger partial charge < -0.3 is 33.3 Å². The summed E-state index contributed by atoms with van der Waals surface area (Å²) < 4.78 is 23.6. The first kappa shape index (κ1) is 26.5. The second kappa shape index (κ2) is 12.1. The summed E-state index contributed by atoms with van der Waals surface area (Å²) in [7, 11) is 6.39. The highest BCUT2D eigenvalue weighted by Crippen LogP contribution is 2.41. The quantitative estimate of drug-likeness (QED) is 0.368. The van der Waals surface area contributed by atoms with Crippen molar-refractivity contribution in [3.05, 3.63) is 36.4 Å². The zero-order valence-corrected chi connectivity index (χ0v) is 22.7. The van der Waals surface area contributed by atoms with Gasteiger partial charge in [0.2, 0.25) is 11.7 Å². The Labute approximate surface area is 221 Å². The number of methoxy groups -OCH3 is 4. The van der Waals surface area contributed by atoms with Crippen LogP contribution in [0.1, 0.15) is 6.92 Å². The van der Waals surface area contributed by atoms with Gasteiger partial charge in [-0.25, -0.2) is 0 Å². The average molecular weight is 528 g/mol. The van der Waals surface area contributed by atoms with Crippen molar-refractivity contribution in [3.63, 3.8) is 0 Å². The van der Waals surface area contributed by atoms with Gasteiger partial charge in [-0.05, 0) is 43.3 Å². The molecule has 2 heterocycles. The zero-order valence-electron chi connectivity index (χ0n) is 21.9. The number of hydrogen-bond donors (Lipinski definition) is 0. The second-order valence-electron chi connectivity index (χ2n) is 8.32. The summed E-state index contributed by atoms with van der Waals surface area (Å²) in [5.74, 6) is 3.51. The predicted molar refractivity (Wildman–Crippen MR) is 143 cm³/mol. The molecule has 0 spiro atoms. The first-order chi connectivity index (χ1) is 18.0. The van der Waals surface area contributed by atoms with Crippen LogP contribution in [-0.4, -0.2) is 85.9 Å². The normalized spacial score (nSPS) is 13.4. The summed E-state index contributed by atoms with van der Waals surface area (Å²) in [6.45, 7) is 5.62. The van der Waals surface area contributed by atoms with E-state index in [9.17, 15) is 4.79 Å². The minimum atomic E-state index is 0.0966. The van der Waals surface area contributed by atoms with Gasteiger partial charge in [0.05, 0.1) is 34.2 Å². The van der Waals surface area contributed by atoms with Gasteiger partial charge in [-0.15, -0.1) is 10.2 Å². The van der Waals surface area contributed by atoms with E-state index in [-0.39, 0.29) is 5.91 Å². The monoisotopic (exact) mass is 527 g/mol. The summed E-state index contributed by atoms with van der Waals surface area (Å²) >= 11 is 1.40. The molecule has 1 aromatic heterocycles. The molecule has 2 aromatic carbocycles. The van der Waals surface area contributed by atoms with E-state index in [0.717, 1.165) is 30.1 Å². The molecule has 0 aliphatic carbocycles. The number of piperazine rings is 1. The van der Waals surface area contributed by atoms with Gasteiger partial charge in [0.25, 0.3) is 0 Å². The van der Waals surface area contributed by atoms with Crippen LogP contribution in [-0.2, 0) is 11.3 Å². The smallest absolute Gasteiger partial charge is 0.233 e. The fourth-order valence-electron chi connectivity index (χ4n) is 4.33. The molecule has 1 amide bonds. The molecule has 1 aliphatic rings. The third-order valence-electron chi connectivity index (χ3n) is 6.35. The summed E-state index contributed by atoms with van der Waals surface area (Å²) in [5.41, 5.74) is 1.93. The third-order valence-corrected chi connectivity index (χ3v) is 7.30. The number of hydrogen-bond acceptors (Lipinski definition) is 9. The van der Waals surface area contributed by atoms with Crippen molar-refractivity contribution in [3.8, 4) is 34.4 Å². The molecular formula is C26H33N5O5S. The van der Waals surface area contributed by atoms with E-state index < -0.39 is 0 Å². The Hall–Kier alpha value is -3.60. The molecule has 3 aromatic rings. The van der Waals surface area contributed by atoms with Crippen molar-refractivity contribution in [2.75, 3.05) is 65.3 Å². The van der Waals surface area contributed by atoms with E-state index in [2.05, 4.69) is 27.2 Å². The second-order valence-corrected chi connectivity index (χ2v) is 9.26. The predicted octanol–water partition coefficient (Wildman–Crippen LogP) is 3.44. The Balaban J connectivity index is 1.40. The van der Waals surface area contributed by atoms with Crippen molar-refractivity contribution >= 4 is 23.4 Å². The van der Waals surface area contributed by atoms with Crippen LogP contribution in [0.5, 0.6) is 23.0 Å². The number of anilines is 1. The van der Waals surface area contributed by atoms with Crippen molar-refractivity contribution < 1.29 is 23.7 Å². The van der Waals surface area contributed by atoms with E-state index in [1.165, 1.54) is 11.8 Å². The molecule has 1 saturated heterocycles.